The molecular formula is C24H33F2N3O3. The van der Waals surface area contributed by atoms with Crippen LogP contribution in [0.25, 0.3) is 0 Å². The van der Waals surface area contributed by atoms with Gasteiger partial charge in [0.1, 0.15) is 12.7 Å². The van der Waals surface area contributed by atoms with Crippen LogP contribution in [0.4, 0.5) is 8.78 Å². The molecule has 176 valence electrons. The minimum atomic E-state index is -0.849. The van der Waals surface area contributed by atoms with Gasteiger partial charge in [-0.15, -0.1) is 0 Å². The third kappa shape index (κ3) is 7.13. The summed E-state index contributed by atoms with van der Waals surface area (Å²) < 4.78 is 37.6. The monoisotopic (exact) mass is 449 g/mol. The van der Waals surface area contributed by atoms with Crippen molar-refractivity contribution in [3.8, 4) is 11.5 Å². The highest BCUT2D eigenvalue weighted by atomic mass is 19.2. The van der Waals surface area contributed by atoms with Crippen molar-refractivity contribution >= 4 is 0 Å². The molecule has 1 atom stereocenters. The van der Waals surface area contributed by atoms with Crippen LogP contribution in [0.5, 0.6) is 11.5 Å². The number of benzene rings is 2. The summed E-state index contributed by atoms with van der Waals surface area (Å²) in [6.07, 6.45) is -0.578. The zero-order valence-corrected chi connectivity index (χ0v) is 18.8. The first kappa shape index (κ1) is 24.4. The number of aliphatic hydroxyl groups excluding tert-OH is 1. The zero-order chi connectivity index (χ0) is 22.9. The Kier molecular flexibility index (Phi) is 9.23. The van der Waals surface area contributed by atoms with E-state index in [1.54, 1.807) is 13.2 Å². The first-order chi connectivity index (χ1) is 15.5. The standard InChI is InChI=1S/C24H33F2N3O3/c1-3-28-8-10-29(11-9-28)16-20(30)17-32-23-7-5-19(13-24(23)31-2)15-27-14-18-4-6-21(25)22(26)12-18/h4-7,12-13,20,27,30H,3,8-11,14-17H2,1-2H3/t20-/m0/s1. The van der Waals surface area contributed by atoms with Gasteiger partial charge < -0.3 is 24.8 Å². The van der Waals surface area contributed by atoms with Crippen molar-refractivity contribution in [3.05, 3.63) is 59.2 Å². The fourth-order valence-corrected chi connectivity index (χ4v) is 3.77. The van der Waals surface area contributed by atoms with Gasteiger partial charge in [-0.2, -0.15) is 0 Å². The third-order valence-corrected chi connectivity index (χ3v) is 5.68. The zero-order valence-electron chi connectivity index (χ0n) is 18.8. The van der Waals surface area contributed by atoms with Crippen molar-refractivity contribution in [1.82, 2.24) is 15.1 Å². The Balaban J connectivity index is 1.45. The smallest absolute Gasteiger partial charge is 0.161 e. The summed E-state index contributed by atoms with van der Waals surface area (Å²) in [5, 5.41) is 13.6. The number of halogens is 2. The van der Waals surface area contributed by atoms with Crippen LogP contribution < -0.4 is 14.8 Å². The molecule has 0 bridgehead atoms. The van der Waals surface area contributed by atoms with Gasteiger partial charge in [-0.1, -0.05) is 19.1 Å². The number of nitrogens with zero attached hydrogens (tertiary/aromatic N) is 2. The summed E-state index contributed by atoms with van der Waals surface area (Å²) in [6.45, 7) is 8.94. The molecule has 0 saturated carbocycles. The van der Waals surface area contributed by atoms with E-state index in [1.807, 2.05) is 18.2 Å². The Hall–Kier alpha value is -2.26. The molecule has 0 amide bonds. The van der Waals surface area contributed by atoms with Crippen LogP contribution in [0.1, 0.15) is 18.1 Å². The lowest BCUT2D eigenvalue weighted by molar-refractivity contribution is 0.0464. The number of rotatable bonds is 11. The van der Waals surface area contributed by atoms with Gasteiger partial charge in [0.05, 0.1) is 7.11 Å². The number of hydrogen-bond donors (Lipinski definition) is 2. The van der Waals surface area contributed by atoms with Gasteiger partial charge in [0.2, 0.25) is 0 Å². The molecule has 2 N–H and O–H groups in total. The van der Waals surface area contributed by atoms with Gasteiger partial charge in [0.15, 0.2) is 23.1 Å². The molecule has 2 aromatic carbocycles. The second-order valence-electron chi connectivity index (χ2n) is 8.04. The van der Waals surface area contributed by atoms with Crippen LogP contribution in [-0.4, -0.2) is 74.0 Å². The predicted molar refractivity (Wildman–Crippen MR) is 120 cm³/mol. The molecule has 0 radical (unpaired) electrons. The fraction of sp³-hybridized carbons (Fsp3) is 0.500. The molecule has 1 saturated heterocycles. The summed E-state index contributed by atoms with van der Waals surface area (Å²) in [5.41, 5.74) is 1.63. The van der Waals surface area contributed by atoms with Crippen LogP contribution in [0, 0.1) is 11.6 Å². The highest BCUT2D eigenvalue weighted by Gasteiger charge is 2.19. The number of likely N-dealkylation sites (N-methyl/N-ethyl adjacent to an activating group) is 1. The topological polar surface area (TPSA) is 57.2 Å². The Morgan fingerprint density at radius 3 is 2.25 bits per heavy atom. The second kappa shape index (κ2) is 12.1. The first-order valence-electron chi connectivity index (χ1n) is 11.1. The quantitative estimate of drug-likeness (QED) is 0.550. The number of methoxy groups -OCH3 is 1. The molecule has 0 unspecified atom stereocenters. The van der Waals surface area contributed by atoms with Crippen molar-refractivity contribution in [2.45, 2.75) is 26.1 Å². The number of β-amino-alcohol motifs (C(OH)–C–C–N with tert-alkyl or cyclic N) is 1. The molecule has 1 fully saturated rings. The molecular weight excluding hydrogens is 416 g/mol. The summed E-state index contributed by atoms with van der Waals surface area (Å²) >= 11 is 0. The summed E-state index contributed by atoms with van der Waals surface area (Å²) in [4.78, 5) is 4.66. The van der Waals surface area contributed by atoms with E-state index in [0.29, 0.717) is 36.7 Å². The highest BCUT2D eigenvalue weighted by molar-refractivity contribution is 5.43. The summed E-state index contributed by atoms with van der Waals surface area (Å²) in [6, 6.07) is 9.46. The maximum atomic E-state index is 13.3. The minimum absolute atomic E-state index is 0.193. The highest BCUT2D eigenvalue weighted by Crippen LogP contribution is 2.28. The van der Waals surface area contributed by atoms with Crippen molar-refractivity contribution < 1.29 is 23.4 Å². The van der Waals surface area contributed by atoms with E-state index in [-0.39, 0.29) is 6.61 Å². The minimum Gasteiger partial charge on any atom is -0.493 e. The number of aliphatic hydroxyl groups is 1. The number of piperazine rings is 1. The van der Waals surface area contributed by atoms with Crippen LogP contribution >= 0.6 is 0 Å². The number of ether oxygens (including phenoxy) is 2. The molecule has 32 heavy (non-hydrogen) atoms. The molecule has 6 nitrogen and oxygen atoms in total. The Bertz CT molecular complexity index is 860. The molecule has 1 aliphatic heterocycles. The van der Waals surface area contributed by atoms with Gasteiger partial charge >= 0.3 is 0 Å². The van der Waals surface area contributed by atoms with E-state index in [1.165, 1.54) is 6.07 Å². The molecule has 1 heterocycles. The van der Waals surface area contributed by atoms with Gasteiger partial charge in [-0.25, -0.2) is 8.78 Å². The molecule has 0 spiro atoms. The number of hydrogen-bond acceptors (Lipinski definition) is 6. The lowest BCUT2D eigenvalue weighted by Crippen LogP contribution is -2.49. The fourth-order valence-electron chi connectivity index (χ4n) is 3.77. The van der Waals surface area contributed by atoms with Crippen molar-refractivity contribution in [3.63, 3.8) is 0 Å². The molecule has 0 aromatic heterocycles. The molecule has 1 aliphatic rings. The van der Waals surface area contributed by atoms with Gasteiger partial charge in [0.25, 0.3) is 0 Å². The van der Waals surface area contributed by atoms with Gasteiger partial charge in [0, 0.05) is 45.8 Å². The Labute approximate surface area is 188 Å². The normalized spacial score (nSPS) is 16.2. The van der Waals surface area contributed by atoms with Crippen LogP contribution in [0.3, 0.4) is 0 Å². The van der Waals surface area contributed by atoms with E-state index in [9.17, 15) is 13.9 Å². The Morgan fingerprint density at radius 1 is 0.938 bits per heavy atom. The largest absolute Gasteiger partial charge is 0.493 e. The van der Waals surface area contributed by atoms with Gasteiger partial charge in [-0.3, -0.25) is 4.90 Å². The molecule has 8 heteroatoms. The SMILES string of the molecule is CCN1CCN(C[C@H](O)COc2ccc(CNCc3ccc(F)c(F)c3)cc2OC)CC1. The van der Waals surface area contributed by atoms with E-state index in [0.717, 1.165) is 44.4 Å². The average molecular weight is 450 g/mol. The molecule has 3 rings (SSSR count). The maximum absolute atomic E-state index is 13.3. The van der Waals surface area contributed by atoms with Crippen LogP contribution in [0.2, 0.25) is 0 Å². The molecule has 0 aliphatic carbocycles. The first-order valence-corrected chi connectivity index (χ1v) is 11.1. The van der Waals surface area contributed by atoms with E-state index < -0.39 is 17.7 Å². The van der Waals surface area contributed by atoms with E-state index >= 15 is 0 Å². The summed E-state index contributed by atoms with van der Waals surface area (Å²) in [7, 11) is 1.57. The second-order valence-corrected chi connectivity index (χ2v) is 8.04. The van der Waals surface area contributed by atoms with E-state index in [2.05, 4.69) is 22.0 Å². The van der Waals surface area contributed by atoms with E-state index in [4.69, 9.17) is 9.47 Å². The van der Waals surface area contributed by atoms with Crippen LogP contribution in [-0.2, 0) is 13.1 Å². The lowest BCUT2D eigenvalue weighted by atomic mass is 10.1. The van der Waals surface area contributed by atoms with Crippen molar-refractivity contribution in [2.24, 2.45) is 0 Å². The molecule has 2 aromatic rings. The maximum Gasteiger partial charge on any atom is 0.161 e. The van der Waals surface area contributed by atoms with Crippen molar-refractivity contribution in [2.75, 3.05) is 53.0 Å². The number of nitrogens with one attached hydrogen (secondary N) is 1. The summed E-state index contributed by atoms with van der Waals surface area (Å²) in [5.74, 6) is -0.538. The third-order valence-electron chi connectivity index (χ3n) is 5.68. The van der Waals surface area contributed by atoms with Crippen molar-refractivity contribution in [1.29, 1.82) is 0 Å². The Morgan fingerprint density at radius 2 is 1.59 bits per heavy atom. The van der Waals surface area contributed by atoms with Gasteiger partial charge in [-0.05, 0) is 41.9 Å². The van der Waals surface area contributed by atoms with Crippen LogP contribution in [0.15, 0.2) is 36.4 Å². The lowest BCUT2D eigenvalue weighted by Gasteiger charge is -2.34. The average Bonchev–Trinajstić information content (AvgIpc) is 2.81. The predicted octanol–water partition coefficient (Wildman–Crippen LogP) is 2.64.